The van der Waals surface area contributed by atoms with Gasteiger partial charge in [-0.25, -0.2) is 14.8 Å². The van der Waals surface area contributed by atoms with Gasteiger partial charge in [0.25, 0.3) is 0 Å². The van der Waals surface area contributed by atoms with Gasteiger partial charge in [-0.3, -0.25) is 10.6 Å². The maximum atomic E-state index is 10.8. The largest absolute Gasteiger partial charge is 0.375 e. The number of amides is 2. The molecule has 2 rings (SSSR count). The van der Waals surface area contributed by atoms with Crippen LogP contribution in [0.25, 0.3) is 0 Å². The third kappa shape index (κ3) is 0.705. The highest BCUT2D eigenvalue weighted by molar-refractivity contribution is 6.72. The Morgan fingerprint density at radius 2 is 2.33 bits per heavy atom. The Bertz CT molecular complexity index is 366. The number of rotatable bonds is 0. The SMILES string of the molecule is N=C1C2=NC=NC2=NC(=O)N1O. The van der Waals surface area contributed by atoms with Gasteiger partial charge in [-0.2, -0.15) is 10.1 Å². The fourth-order valence-corrected chi connectivity index (χ4v) is 0.843. The quantitative estimate of drug-likeness (QED) is 0.480. The molecule has 7 heteroatoms. The Morgan fingerprint density at radius 3 is 3.08 bits per heavy atom. The van der Waals surface area contributed by atoms with E-state index in [1.54, 1.807) is 0 Å². The number of carbonyl (C=O) groups is 1. The summed E-state index contributed by atoms with van der Waals surface area (Å²) in [5.41, 5.74) is 0.108. The molecule has 0 saturated carbocycles. The Balaban J connectivity index is 2.54. The minimum atomic E-state index is -0.923. The molecule has 2 amide bonds. The zero-order chi connectivity index (χ0) is 8.72. The number of nitrogens with one attached hydrogen (secondary N) is 1. The summed E-state index contributed by atoms with van der Waals surface area (Å²) in [5, 5.41) is 16.2. The number of hydroxylamine groups is 2. The highest BCUT2D eigenvalue weighted by atomic mass is 16.5. The maximum absolute atomic E-state index is 10.8. The molecule has 2 aliphatic rings. The van der Waals surface area contributed by atoms with Crippen LogP contribution in [-0.4, -0.2) is 40.0 Å². The highest BCUT2D eigenvalue weighted by Crippen LogP contribution is 2.07. The van der Waals surface area contributed by atoms with Crippen molar-refractivity contribution in [3.05, 3.63) is 0 Å². The van der Waals surface area contributed by atoms with Crippen LogP contribution in [0.2, 0.25) is 0 Å². The molecule has 60 valence electrons. The maximum Gasteiger partial charge on any atom is 0.375 e. The Labute approximate surface area is 66.2 Å². The molecule has 0 aliphatic carbocycles. The molecule has 0 radical (unpaired) electrons. The van der Waals surface area contributed by atoms with Gasteiger partial charge in [-0.05, 0) is 0 Å². The summed E-state index contributed by atoms with van der Waals surface area (Å²) in [5.74, 6) is -0.321. The number of nitrogens with zero attached hydrogens (tertiary/aromatic N) is 4. The molecule has 0 spiro atoms. The average Bonchev–Trinajstić information content (AvgIpc) is 2.48. The summed E-state index contributed by atoms with van der Waals surface area (Å²) in [4.78, 5) is 21.4. The molecule has 2 heterocycles. The van der Waals surface area contributed by atoms with Crippen LogP contribution in [0.5, 0.6) is 0 Å². The molecular weight excluding hydrogens is 162 g/mol. The van der Waals surface area contributed by atoms with E-state index in [4.69, 9.17) is 10.6 Å². The summed E-state index contributed by atoms with van der Waals surface area (Å²) in [6.07, 6.45) is 1.18. The van der Waals surface area contributed by atoms with E-state index in [0.717, 1.165) is 0 Å². The van der Waals surface area contributed by atoms with Crippen LogP contribution in [0.3, 0.4) is 0 Å². The number of hydrogen-bond acceptors (Lipinski definition) is 5. The van der Waals surface area contributed by atoms with Crippen molar-refractivity contribution < 1.29 is 10.0 Å². The van der Waals surface area contributed by atoms with Gasteiger partial charge in [0.05, 0.1) is 0 Å². The van der Waals surface area contributed by atoms with E-state index in [1.807, 2.05) is 0 Å². The first-order valence-electron chi connectivity index (χ1n) is 3.01. The lowest BCUT2D eigenvalue weighted by Crippen LogP contribution is -2.43. The summed E-state index contributed by atoms with van der Waals surface area (Å²) < 4.78 is 0. The van der Waals surface area contributed by atoms with Gasteiger partial charge in [0.2, 0.25) is 0 Å². The van der Waals surface area contributed by atoms with Crippen molar-refractivity contribution in [2.24, 2.45) is 15.0 Å². The van der Waals surface area contributed by atoms with Crippen molar-refractivity contribution in [2.75, 3.05) is 0 Å². The second-order valence-corrected chi connectivity index (χ2v) is 2.10. The van der Waals surface area contributed by atoms with Gasteiger partial charge < -0.3 is 0 Å². The van der Waals surface area contributed by atoms with Crippen molar-refractivity contribution in [3.63, 3.8) is 0 Å². The minimum absolute atomic E-state index is 0.0790. The zero-order valence-electron chi connectivity index (χ0n) is 5.72. The minimum Gasteiger partial charge on any atom is -0.280 e. The van der Waals surface area contributed by atoms with Crippen molar-refractivity contribution in [3.8, 4) is 0 Å². The monoisotopic (exact) mass is 165 g/mol. The number of hydrogen-bond donors (Lipinski definition) is 2. The first-order chi connectivity index (χ1) is 5.70. The first-order valence-corrected chi connectivity index (χ1v) is 3.01. The average molecular weight is 165 g/mol. The molecule has 0 saturated heterocycles. The second-order valence-electron chi connectivity index (χ2n) is 2.10. The third-order valence-corrected chi connectivity index (χ3v) is 1.40. The van der Waals surface area contributed by atoms with Crippen LogP contribution in [0.1, 0.15) is 0 Å². The van der Waals surface area contributed by atoms with E-state index < -0.39 is 11.9 Å². The van der Waals surface area contributed by atoms with Gasteiger partial charge in [-0.15, -0.1) is 0 Å². The highest BCUT2D eigenvalue weighted by Gasteiger charge is 2.31. The van der Waals surface area contributed by atoms with Crippen LogP contribution < -0.4 is 0 Å². The van der Waals surface area contributed by atoms with Crippen molar-refractivity contribution >= 4 is 29.8 Å². The lowest BCUT2D eigenvalue weighted by Gasteiger charge is -2.16. The topological polar surface area (TPSA) is 101 Å². The van der Waals surface area contributed by atoms with E-state index in [-0.39, 0.29) is 16.6 Å². The van der Waals surface area contributed by atoms with E-state index in [1.165, 1.54) is 6.34 Å². The first kappa shape index (κ1) is 6.80. The van der Waals surface area contributed by atoms with Crippen LogP contribution >= 0.6 is 0 Å². The molecule has 0 aromatic carbocycles. The van der Waals surface area contributed by atoms with Gasteiger partial charge in [0.15, 0.2) is 17.4 Å². The standard InChI is InChI=1S/C5H3N5O2/c6-3-2-4(8-1-7-2)9-5(11)10(3)12/h1,6,12H. The summed E-state index contributed by atoms with van der Waals surface area (Å²) in [7, 11) is 0. The summed E-state index contributed by atoms with van der Waals surface area (Å²) in [6.45, 7) is 0. The Hall–Kier alpha value is -1.89. The molecular formula is C5H3N5O2. The second kappa shape index (κ2) is 2.05. The third-order valence-electron chi connectivity index (χ3n) is 1.40. The molecule has 0 aromatic heterocycles. The van der Waals surface area contributed by atoms with Crippen LogP contribution in [-0.2, 0) is 0 Å². The zero-order valence-corrected chi connectivity index (χ0v) is 5.72. The van der Waals surface area contributed by atoms with Gasteiger partial charge in [0.1, 0.15) is 6.34 Å². The smallest absolute Gasteiger partial charge is 0.280 e. The fourth-order valence-electron chi connectivity index (χ4n) is 0.843. The molecule has 2 N–H and O–H groups in total. The van der Waals surface area contributed by atoms with Crippen LogP contribution in [0.4, 0.5) is 4.79 Å². The number of aliphatic imine (C=N–C) groups is 3. The molecule has 0 atom stereocenters. The molecule has 2 aliphatic heterocycles. The number of urea groups is 1. The lowest BCUT2D eigenvalue weighted by molar-refractivity contribution is 0.0320. The molecule has 12 heavy (non-hydrogen) atoms. The lowest BCUT2D eigenvalue weighted by atomic mass is 10.3. The fraction of sp³-hybridized carbons (Fsp3) is 0. The Kier molecular flexibility index (Phi) is 1.16. The number of carbonyl (C=O) groups excluding carboxylic acids is 1. The van der Waals surface area contributed by atoms with Crippen LogP contribution in [0, 0.1) is 5.41 Å². The van der Waals surface area contributed by atoms with Crippen molar-refractivity contribution in [1.29, 1.82) is 5.41 Å². The van der Waals surface area contributed by atoms with E-state index in [2.05, 4.69) is 15.0 Å². The number of amidine groups is 2. The molecule has 0 aromatic rings. The summed E-state index contributed by atoms with van der Waals surface area (Å²) >= 11 is 0. The summed E-state index contributed by atoms with van der Waals surface area (Å²) in [6, 6.07) is -0.923. The van der Waals surface area contributed by atoms with Crippen molar-refractivity contribution in [2.45, 2.75) is 0 Å². The molecule has 7 nitrogen and oxygen atoms in total. The predicted molar refractivity (Wildman–Crippen MR) is 40.1 cm³/mol. The van der Waals surface area contributed by atoms with Crippen LogP contribution in [0.15, 0.2) is 15.0 Å². The van der Waals surface area contributed by atoms with Crippen molar-refractivity contribution in [1.82, 2.24) is 5.06 Å². The molecule has 0 bridgehead atoms. The van der Waals surface area contributed by atoms with E-state index in [9.17, 15) is 4.79 Å². The Morgan fingerprint density at radius 1 is 1.58 bits per heavy atom. The normalized spacial score (nSPS) is 20.9. The van der Waals surface area contributed by atoms with Gasteiger partial charge in [-0.1, -0.05) is 0 Å². The van der Waals surface area contributed by atoms with E-state index >= 15 is 0 Å². The van der Waals surface area contributed by atoms with Gasteiger partial charge >= 0.3 is 6.03 Å². The van der Waals surface area contributed by atoms with E-state index in [0.29, 0.717) is 0 Å². The van der Waals surface area contributed by atoms with Gasteiger partial charge in [0, 0.05) is 0 Å². The molecule has 0 fully saturated rings. The number of fused-ring (bicyclic) bond motifs is 1. The predicted octanol–water partition coefficient (Wildman–Crippen LogP) is -0.330. The molecule has 0 unspecified atom stereocenters.